The molecule has 18 heavy (non-hydrogen) atoms. The Kier molecular flexibility index (Phi) is 2.99. The summed E-state index contributed by atoms with van der Waals surface area (Å²) >= 11 is 0. The van der Waals surface area contributed by atoms with Crippen LogP contribution in [0.3, 0.4) is 0 Å². The normalized spacial score (nSPS) is 25.4. The summed E-state index contributed by atoms with van der Waals surface area (Å²) in [6, 6.07) is 3.82. The fourth-order valence-corrected chi connectivity index (χ4v) is 2.54. The van der Waals surface area contributed by atoms with Crippen molar-refractivity contribution in [2.45, 2.75) is 31.2 Å². The maximum Gasteiger partial charge on any atom is 0.225 e. The highest BCUT2D eigenvalue weighted by atomic mass is 16.2. The molecule has 2 heterocycles. The van der Waals surface area contributed by atoms with Gasteiger partial charge in [-0.25, -0.2) is 0 Å². The molecular formula is C13H18N4O. The molecule has 1 aliphatic heterocycles. The molecule has 1 saturated heterocycles. The quantitative estimate of drug-likeness (QED) is 0.819. The third-order valence-corrected chi connectivity index (χ3v) is 3.84. The predicted molar refractivity (Wildman–Crippen MR) is 66.7 cm³/mol. The van der Waals surface area contributed by atoms with Gasteiger partial charge in [0.1, 0.15) is 0 Å². The third-order valence-electron chi connectivity index (χ3n) is 3.84. The standard InChI is InChI=1S/C13H18N4O/c18-12(10-3-1-7-14-9-10)16-13(5-6-13)11-4-2-8-15-17-11/h2,4,8,10,14H,1,3,5-7,9H2,(H,16,18). The molecule has 0 radical (unpaired) electrons. The second kappa shape index (κ2) is 4.65. The molecule has 1 saturated carbocycles. The molecule has 1 atom stereocenters. The van der Waals surface area contributed by atoms with E-state index in [9.17, 15) is 4.79 Å². The zero-order valence-corrected chi connectivity index (χ0v) is 10.4. The summed E-state index contributed by atoms with van der Waals surface area (Å²) in [5.41, 5.74) is 0.658. The largest absolute Gasteiger partial charge is 0.345 e. The third kappa shape index (κ3) is 2.22. The fraction of sp³-hybridized carbons (Fsp3) is 0.615. The van der Waals surface area contributed by atoms with Crippen LogP contribution in [-0.4, -0.2) is 29.2 Å². The van der Waals surface area contributed by atoms with Gasteiger partial charge in [0.15, 0.2) is 0 Å². The van der Waals surface area contributed by atoms with E-state index in [4.69, 9.17) is 0 Å². The monoisotopic (exact) mass is 246 g/mol. The van der Waals surface area contributed by atoms with Gasteiger partial charge in [0.25, 0.3) is 0 Å². The Morgan fingerprint density at radius 3 is 3.00 bits per heavy atom. The summed E-state index contributed by atoms with van der Waals surface area (Å²) in [6.45, 7) is 1.82. The van der Waals surface area contributed by atoms with Crippen LogP contribution in [0.5, 0.6) is 0 Å². The van der Waals surface area contributed by atoms with Gasteiger partial charge < -0.3 is 10.6 Å². The molecule has 0 spiro atoms. The molecule has 5 heteroatoms. The van der Waals surface area contributed by atoms with E-state index in [-0.39, 0.29) is 17.4 Å². The predicted octanol–water partition coefficient (Wildman–Crippen LogP) is 0.582. The number of rotatable bonds is 3. The van der Waals surface area contributed by atoms with Crippen molar-refractivity contribution in [1.82, 2.24) is 20.8 Å². The number of aromatic nitrogens is 2. The Morgan fingerprint density at radius 2 is 2.39 bits per heavy atom. The second-order valence-electron chi connectivity index (χ2n) is 5.22. The molecule has 1 unspecified atom stereocenters. The zero-order chi connectivity index (χ0) is 12.4. The smallest absolute Gasteiger partial charge is 0.225 e. The molecule has 2 N–H and O–H groups in total. The maximum atomic E-state index is 12.2. The van der Waals surface area contributed by atoms with Gasteiger partial charge in [-0.2, -0.15) is 10.2 Å². The van der Waals surface area contributed by atoms with E-state index >= 15 is 0 Å². The van der Waals surface area contributed by atoms with Crippen molar-refractivity contribution in [2.24, 2.45) is 5.92 Å². The first-order chi connectivity index (χ1) is 8.80. The van der Waals surface area contributed by atoms with Crippen LogP contribution < -0.4 is 10.6 Å². The van der Waals surface area contributed by atoms with Crippen LogP contribution in [0.4, 0.5) is 0 Å². The maximum absolute atomic E-state index is 12.2. The lowest BCUT2D eigenvalue weighted by Gasteiger charge is -2.25. The molecule has 2 fully saturated rings. The number of hydrogen-bond acceptors (Lipinski definition) is 4. The molecule has 0 aromatic carbocycles. The van der Waals surface area contributed by atoms with Gasteiger partial charge in [-0.05, 0) is 44.4 Å². The van der Waals surface area contributed by atoms with Crippen molar-refractivity contribution in [3.63, 3.8) is 0 Å². The van der Waals surface area contributed by atoms with E-state index in [1.54, 1.807) is 6.20 Å². The van der Waals surface area contributed by atoms with Crippen LogP contribution in [0, 0.1) is 5.92 Å². The number of nitrogens with one attached hydrogen (secondary N) is 2. The van der Waals surface area contributed by atoms with Crippen LogP contribution in [0.15, 0.2) is 18.3 Å². The summed E-state index contributed by atoms with van der Waals surface area (Å²) in [4.78, 5) is 12.2. The molecule has 1 amide bonds. The minimum atomic E-state index is -0.233. The van der Waals surface area contributed by atoms with Crippen LogP contribution in [0.2, 0.25) is 0 Å². The molecule has 1 aromatic rings. The SMILES string of the molecule is O=C(NC1(c2cccnn2)CC1)C1CCCNC1. The van der Waals surface area contributed by atoms with Gasteiger partial charge >= 0.3 is 0 Å². The second-order valence-corrected chi connectivity index (χ2v) is 5.22. The average Bonchev–Trinajstić information content (AvgIpc) is 3.22. The lowest BCUT2D eigenvalue weighted by atomic mass is 9.98. The lowest BCUT2D eigenvalue weighted by Crippen LogP contribution is -2.44. The van der Waals surface area contributed by atoms with Crippen molar-refractivity contribution in [3.05, 3.63) is 24.0 Å². The number of carbonyl (C=O) groups is 1. The molecule has 1 aliphatic carbocycles. The van der Waals surface area contributed by atoms with E-state index in [1.807, 2.05) is 12.1 Å². The summed E-state index contributed by atoms with van der Waals surface area (Å²) < 4.78 is 0. The minimum absolute atomic E-state index is 0.105. The number of hydrogen-bond donors (Lipinski definition) is 2. The molecule has 0 bridgehead atoms. The first-order valence-corrected chi connectivity index (χ1v) is 6.61. The highest BCUT2D eigenvalue weighted by Crippen LogP contribution is 2.44. The zero-order valence-electron chi connectivity index (χ0n) is 10.4. The van der Waals surface area contributed by atoms with Gasteiger partial charge in [0, 0.05) is 12.7 Å². The topological polar surface area (TPSA) is 66.9 Å². The van der Waals surface area contributed by atoms with Gasteiger partial charge in [-0.1, -0.05) is 0 Å². The van der Waals surface area contributed by atoms with E-state index in [0.717, 1.165) is 44.5 Å². The van der Waals surface area contributed by atoms with E-state index in [1.165, 1.54) is 0 Å². The number of carbonyl (C=O) groups excluding carboxylic acids is 1. The van der Waals surface area contributed by atoms with Gasteiger partial charge in [0.2, 0.25) is 5.91 Å². The Hall–Kier alpha value is -1.49. The highest BCUT2D eigenvalue weighted by Gasteiger charge is 2.48. The Morgan fingerprint density at radius 1 is 1.50 bits per heavy atom. The molecule has 2 aliphatic rings. The highest BCUT2D eigenvalue weighted by molar-refractivity contribution is 5.80. The summed E-state index contributed by atoms with van der Waals surface area (Å²) in [5, 5.41) is 14.5. The number of amides is 1. The summed E-state index contributed by atoms with van der Waals surface area (Å²) in [7, 11) is 0. The van der Waals surface area contributed by atoms with Crippen LogP contribution >= 0.6 is 0 Å². The van der Waals surface area contributed by atoms with Crippen LogP contribution in [0.25, 0.3) is 0 Å². The number of nitrogens with zero attached hydrogens (tertiary/aromatic N) is 2. The number of piperidine rings is 1. The van der Waals surface area contributed by atoms with Crippen LogP contribution in [-0.2, 0) is 10.3 Å². The van der Waals surface area contributed by atoms with Crippen molar-refractivity contribution in [2.75, 3.05) is 13.1 Å². The van der Waals surface area contributed by atoms with Crippen molar-refractivity contribution in [1.29, 1.82) is 0 Å². The molecule has 96 valence electrons. The van der Waals surface area contributed by atoms with Crippen molar-refractivity contribution in [3.8, 4) is 0 Å². The van der Waals surface area contributed by atoms with Crippen LogP contribution in [0.1, 0.15) is 31.4 Å². The minimum Gasteiger partial charge on any atom is -0.345 e. The van der Waals surface area contributed by atoms with E-state index < -0.39 is 0 Å². The van der Waals surface area contributed by atoms with E-state index in [2.05, 4.69) is 20.8 Å². The Bertz CT molecular complexity index is 424. The summed E-state index contributed by atoms with van der Waals surface area (Å²) in [5.74, 6) is 0.262. The first-order valence-electron chi connectivity index (χ1n) is 6.61. The van der Waals surface area contributed by atoms with Crippen molar-refractivity contribution >= 4 is 5.91 Å². The fourth-order valence-electron chi connectivity index (χ4n) is 2.54. The van der Waals surface area contributed by atoms with Crippen molar-refractivity contribution < 1.29 is 4.79 Å². The lowest BCUT2D eigenvalue weighted by molar-refractivity contribution is -0.126. The van der Waals surface area contributed by atoms with E-state index in [0.29, 0.717) is 0 Å². The molecule has 1 aromatic heterocycles. The van der Waals surface area contributed by atoms with Gasteiger partial charge in [0.05, 0.1) is 17.2 Å². The molecule has 3 rings (SSSR count). The van der Waals surface area contributed by atoms with Gasteiger partial charge in [-0.15, -0.1) is 0 Å². The summed E-state index contributed by atoms with van der Waals surface area (Å²) in [6.07, 6.45) is 5.66. The average molecular weight is 246 g/mol. The Labute approximate surface area is 106 Å². The molecule has 5 nitrogen and oxygen atoms in total. The Balaban J connectivity index is 1.67. The first kappa shape index (κ1) is 11.6. The molecular weight excluding hydrogens is 228 g/mol. The van der Waals surface area contributed by atoms with Gasteiger partial charge in [-0.3, -0.25) is 4.79 Å².